The number of ether oxygens (including phenoxy) is 2. The van der Waals surface area contributed by atoms with Crippen molar-refractivity contribution < 1.29 is 9.47 Å². The minimum atomic E-state index is 0.127. The molecule has 0 heterocycles. The van der Waals surface area contributed by atoms with E-state index in [4.69, 9.17) is 9.47 Å². The Bertz CT molecular complexity index is 581. The number of rotatable bonds is 5. The summed E-state index contributed by atoms with van der Waals surface area (Å²) in [6.07, 6.45) is 0. The summed E-state index contributed by atoms with van der Waals surface area (Å²) in [4.78, 5) is 0. The van der Waals surface area contributed by atoms with Gasteiger partial charge in [-0.15, -0.1) is 0 Å². The lowest BCUT2D eigenvalue weighted by Crippen LogP contribution is -2.08. The fourth-order valence-electron chi connectivity index (χ4n) is 2.24. The van der Waals surface area contributed by atoms with Crippen LogP contribution in [0, 0.1) is 6.92 Å². The molecule has 0 aliphatic heterocycles. The van der Waals surface area contributed by atoms with Crippen molar-refractivity contribution in [2.45, 2.75) is 19.9 Å². The Kier molecular flexibility index (Phi) is 4.51. The van der Waals surface area contributed by atoms with Crippen molar-refractivity contribution in [1.29, 1.82) is 0 Å². The lowest BCUT2D eigenvalue weighted by Gasteiger charge is -2.19. The molecule has 1 N–H and O–H groups in total. The molecule has 0 aliphatic carbocycles. The van der Waals surface area contributed by atoms with E-state index in [0.717, 1.165) is 22.7 Å². The second-order valence-corrected chi connectivity index (χ2v) is 4.84. The highest BCUT2D eigenvalue weighted by Crippen LogP contribution is 2.31. The largest absolute Gasteiger partial charge is 0.497 e. The molecule has 106 valence electrons. The smallest absolute Gasteiger partial charge is 0.124 e. The van der Waals surface area contributed by atoms with Crippen LogP contribution >= 0.6 is 0 Å². The molecule has 3 nitrogen and oxygen atoms in total. The summed E-state index contributed by atoms with van der Waals surface area (Å²) in [6.45, 7) is 4.20. The van der Waals surface area contributed by atoms with Crippen LogP contribution in [0.25, 0.3) is 0 Å². The zero-order chi connectivity index (χ0) is 14.5. The quantitative estimate of drug-likeness (QED) is 0.884. The fraction of sp³-hybridized carbons (Fsp3) is 0.294. The van der Waals surface area contributed by atoms with Crippen molar-refractivity contribution in [3.05, 3.63) is 53.6 Å². The first-order valence-corrected chi connectivity index (χ1v) is 6.69. The van der Waals surface area contributed by atoms with Gasteiger partial charge in [-0.2, -0.15) is 0 Å². The molecule has 0 aliphatic rings. The summed E-state index contributed by atoms with van der Waals surface area (Å²) in [5.74, 6) is 1.69. The zero-order valence-corrected chi connectivity index (χ0v) is 12.4. The van der Waals surface area contributed by atoms with E-state index in [1.165, 1.54) is 5.56 Å². The number of nitrogens with one attached hydrogen (secondary N) is 1. The highest BCUT2D eigenvalue weighted by Gasteiger charge is 2.12. The maximum Gasteiger partial charge on any atom is 0.124 e. The second kappa shape index (κ2) is 6.33. The molecule has 0 aromatic heterocycles. The van der Waals surface area contributed by atoms with E-state index in [1.54, 1.807) is 14.2 Å². The first kappa shape index (κ1) is 14.3. The van der Waals surface area contributed by atoms with Crippen molar-refractivity contribution in [3.8, 4) is 11.5 Å². The minimum absolute atomic E-state index is 0.127. The van der Waals surface area contributed by atoms with Gasteiger partial charge in [0.1, 0.15) is 11.5 Å². The number of hydrogen-bond acceptors (Lipinski definition) is 3. The second-order valence-electron chi connectivity index (χ2n) is 4.84. The molecular formula is C17H21NO2. The fourth-order valence-corrected chi connectivity index (χ4v) is 2.24. The van der Waals surface area contributed by atoms with Gasteiger partial charge in [0.25, 0.3) is 0 Å². The Morgan fingerprint density at radius 2 is 1.80 bits per heavy atom. The predicted molar refractivity (Wildman–Crippen MR) is 82.8 cm³/mol. The molecule has 0 bridgehead atoms. The summed E-state index contributed by atoms with van der Waals surface area (Å²) in [5.41, 5.74) is 3.41. The average molecular weight is 271 g/mol. The molecule has 3 heteroatoms. The Morgan fingerprint density at radius 3 is 2.45 bits per heavy atom. The average Bonchev–Trinajstić information content (AvgIpc) is 2.46. The minimum Gasteiger partial charge on any atom is -0.497 e. The maximum absolute atomic E-state index is 5.43. The van der Waals surface area contributed by atoms with Gasteiger partial charge in [0.05, 0.1) is 20.3 Å². The normalized spacial score (nSPS) is 11.8. The molecule has 0 amide bonds. The van der Waals surface area contributed by atoms with Gasteiger partial charge in [-0.3, -0.25) is 0 Å². The van der Waals surface area contributed by atoms with E-state index in [9.17, 15) is 0 Å². The zero-order valence-electron chi connectivity index (χ0n) is 12.4. The molecule has 2 aromatic rings. The highest BCUT2D eigenvalue weighted by atomic mass is 16.5. The first-order chi connectivity index (χ1) is 9.63. The third-order valence-electron chi connectivity index (χ3n) is 3.30. The molecular weight excluding hydrogens is 250 g/mol. The molecule has 2 rings (SSSR count). The van der Waals surface area contributed by atoms with Gasteiger partial charge in [-0.25, -0.2) is 0 Å². The topological polar surface area (TPSA) is 30.5 Å². The van der Waals surface area contributed by atoms with Crippen molar-refractivity contribution >= 4 is 5.69 Å². The number of anilines is 1. The molecule has 0 spiro atoms. The van der Waals surface area contributed by atoms with Crippen LogP contribution in [-0.4, -0.2) is 14.2 Å². The highest BCUT2D eigenvalue weighted by molar-refractivity contribution is 5.50. The van der Waals surface area contributed by atoms with Gasteiger partial charge in [-0.05, 0) is 49.7 Å². The third kappa shape index (κ3) is 3.23. The molecule has 1 atom stereocenters. The number of hydrogen-bond donors (Lipinski definition) is 1. The van der Waals surface area contributed by atoms with Crippen LogP contribution in [0.2, 0.25) is 0 Å². The van der Waals surface area contributed by atoms with Crippen LogP contribution in [0.1, 0.15) is 24.1 Å². The number of benzene rings is 2. The maximum atomic E-state index is 5.43. The van der Waals surface area contributed by atoms with Gasteiger partial charge in [0, 0.05) is 11.3 Å². The van der Waals surface area contributed by atoms with E-state index >= 15 is 0 Å². The van der Waals surface area contributed by atoms with E-state index in [2.05, 4.69) is 37.4 Å². The van der Waals surface area contributed by atoms with Crippen LogP contribution in [0.3, 0.4) is 0 Å². The van der Waals surface area contributed by atoms with Crippen molar-refractivity contribution in [1.82, 2.24) is 0 Å². The van der Waals surface area contributed by atoms with Gasteiger partial charge >= 0.3 is 0 Å². The molecule has 1 unspecified atom stereocenters. The summed E-state index contributed by atoms with van der Waals surface area (Å²) >= 11 is 0. The van der Waals surface area contributed by atoms with Crippen LogP contribution in [-0.2, 0) is 0 Å². The van der Waals surface area contributed by atoms with Crippen LogP contribution < -0.4 is 14.8 Å². The monoisotopic (exact) mass is 271 g/mol. The van der Waals surface area contributed by atoms with Crippen molar-refractivity contribution in [2.75, 3.05) is 19.5 Å². The van der Waals surface area contributed by atoms with Gasteiger partial charge in [0.2, 0.25) is 0 Å². The summed E-state index contributed by atoms with van der Waals surface area (Å²) < 4.78 is 10.7. The molecule has 0 saturated heterocycles. The molecule has 0 fully saturated rings. The van der Waals surface area contributed by atoms with E-state index in [1.807, 2.05) is 24.3 Å². The van der Waals surface area contributed by atoms with Gasteiger partial charge in [0.15, 0.2) is 0 Å². The summed E-state index contributed by atoms with van der Waals surface area (Å²) in [7, 11) is 3.36. The van der Waals surface area contributed by atoms with Crippen LogP contribution in [0.15, 0.2) is 42.5 Å². The van der Waals surface area contributed by atoms with Crippen LogP contribution in [0.4, 0.5) is 5.69 Å². The number of aryl methyl sites for hydroxylation is 1. The Labute approximate surface area is 120 Å². The van der Waals surface area contributed by atoms with Gasteiger partial charge < -0.3 is 14.8 Å². The van der Waals surface area contributed by atoms with Gasteiger partial charge in [-0.1, -0.05) is 12.1 Å². The van der Waals surface area contributed by atoms with E-state index in [-0.39, 0.29) is 6.04 Å². The number of methoxy groups -OCH3 is 2. The molecule has 0 radical (unpaired) electrons. The molecule has 0 saturated carbocycles. The summed E-state index contributed by atoms with van der Waals surface area (Å²) in [5, 5.41) is 3.49. The lowest BCUT2D eigenvalue weighted by molar-refractivity contribution is 0.397. The Morgan fingerprint density at radius 1 is 1.00 bits per heavy atom. The predicted octanol–water partition coefficient (Wildman–Crippen LogP) is 4.19. The van der Waals surface area contributed by atoms with Crippen molar-refractivity contribution in [2.24, 2.45) is 0 Å². The first-order valence-electron chi connectivity index (χ1n) is 6.69. The Balaban J connectivity index is 2.25. The lowest BCUT2D eigenvalue weighted by atomic mass is 10.1. The van der Waals surface area contributed by atoms with E-state index in [0.29, 0.717) is 0 Å². The Hall–Kier alpha value is -2.16. The summed E-state index contributed by atoms with van der Waals surface area (Å²) in [6, 6.07) is 14.3. The SMILES string of the molecule is COc1ccc(OC)c(C(C)Nc2cccc(C)c2)c1. The molecule has 20 heavy (non-hydrogen) atoms. The van der Waals surface area contributed by atoms with E-state index < -0.39 is 0 Å². The standard InChI is InChI=1S/C17H21NO2/c1-12-6-5-7-14(10-12)18-13(2)16-11-15(19-3)8-9-17(16)20-4/h5-11,13,18H,1-4H3. The van der Waals surface area contributed by atoms with Crippen LogP contribution in [0.5, 0.6) is 11.5 Å². The third-order valence-corrected chi connectivity index (χ3v) is 3.30. The molecule has 2 aromatic carbocycles. The van der Waals surface area contributed by atoms with Crippen molar-refractivity contribution in [3.63, 3.8) is 0 Å².